The van der Waals surface area contributed by atoms with Crippen LogP contribution in [0.5, 0.6) is 11.5 Å². The highest BCUT2D eigenvalue weighted by atomic mass is 35.5. The van der Waals surface area contributed by atoms with E-state index in [1.807, 2.05) is 18.2 Å². The van der Waals surface area contributed by atoms with Crippen molar-refractivity contribution in [1.82, 2.24) is 0 Å². The summed E-state index contributed by atoms with van der Waals surface area (Å²) in [4.78, 5) is 11.4. The average Bonchev–Trinajstić information content (AvgIpc) is 3.29. The Hall–Kier alpha value is -2.66. The largest absolute Gasteiger partial charge is 0.478 e. The number of hydrogen-bond donors (Lipinski definition) is 2. The summed E-state index contributed by atoms with van der Waals surface area (Å²) in [6.45, 7) is 0.247. The topological polar surface area (TPSA) is 67.8 Å². The number of rotatable bonds is 2. The van der Waals surface area contributed by atoms with E-state index in [4.69, 9.17) is 21.1 Å². The molecule has 3 atom stereocenters. The van der Waals surface area contributed by atoms with Crippen LogP contribution in [0.1, 0.15) is 39.9 Å². The number of benzene rings is 2. The van der Waals surface area contributed by atoms with Crippen molar-refractivity contribution in [3.8, 4) is 11.5 Å². The maximum Gasteiger partial charge on any atom is 0.335 e. The first-order valence-electron chi connectivity index (χ1n) is 8.51. The summed E-state index contributed by atoms with van der Waals surface area (Å²) in [5.41, 5.74) is 3.09. The van der Waals surface area contributed by atoms with Gasteiger partial charge in [0.2, 0.25) is 6.79 Å². The molecule has 0 saturated carbocycles. The molecule has 0 amide bonds. The van der Waals surface area contributed by atoms with E-state index in [9.17, 15) is 9.90 Å². The second kappa shape index (κ2) is 5.68. The van der Waals surface area contributed by atoms with E-state index in [-0.39, 0.29) is 24.3 Å². The van der Waals surface area contributed by atoms with Crippen molar-refractivity contribution in [3.63, 3.8) is 0 Å². The Labute approximate surface area is 155 Å². The van der Waals surface area contributed by atoms with Gasteiger partial charge in [-0.05, 0) is 47.7 Å². The predicted molar refractivity (Wildman–Crippen MR) is 97.3 cm³/mol. The summed E-state index contributed by atoms with van der Waals surface area (Å²) in [5.74, 6) is 0.979. The number of carbonyl (C=O) groups is 1. The summed E-state index contributed by atoms with van der Waals surface area (Å²) in [7, 11) is 0. The van der Waals surface area contributed by atoms with E-state index in [0.29, 0.717) is 10.9 Å². The van der Waals surface area contributed by atoms with Gasteiger partial charge in [0.15, 0.2) is 11.5 Å². The highest BCUT2D eigenvalue weighted by Crippen LogP contribution is 2.52. The molecule has 2 aromatic rings. The standard InChI is InChI=1S/C20H16ClNO4/c21-15-7-11(20(23)24)6-14-12-2-1-3-13(12)18(22-19(14)15)10-4-5-16-17(8-10)26-9-25-16/h1-2,4-8,12-13,18,22H,3,9H2,(H,23,24)/t12-,13-,18+/m0/s1. The van der Waals surface area contributed by atoms with E-state index in [0.717, 1.165) is 34.7 Å². The molecule has 0 bridgehead atoms. The van der Waals surface area contributed by atoms with E-state index in [1.54, 1.807) is 6.07 Å². The van der Waals surface area contributed by atoms with E-state index >= 15 is 0 Å². The first-order valence-corrected chi connectivity index (χ1v) is 8.89. The molecule has 0 saturated heterocycles. The molecule has 2 N–H and O–H groups in total. The quantitative estimate of drug-likeness (QED) is 0.757. The molecule has 0 unspecified atom stereocenters. The van der Waals surface area contributed by atoms with Crippen molar-refractivity contribution in [1.29, 1.82) is 0 Å². The number of aromatic carboxylic acids is 1. The number of fused-ring (bicyclic) bond motifs is 4. The van der Waals surface area contributed by atoms with Crippen LogP contribution in [-0.2, 0) is 0 Å². The molecule has 6 heteroatoms. The van der Waals surface area contributed by atoms with Crippen LogP contribution in [0.25, 0.3) is 0 Å². The number of ether oxygens (including phenoxy) is 2. The fraction of sp³-hybridized carbons (Fsp3) is 0.250. The van der Waals surface area contributed by atoms with Crippen molar-refractivity contribution in [3.05, 3.63) is 64.2 Å². The first kappa shape index (κ1) is 15.6. The Kier molecular flexibility index (Phi) is 3.40. The summed E-state index contributed by atoms with van der Waals surface area (Å²) in [6, 6.07) is 9.29. The number of hydrogen-bond acceptors (Lipinski definition) is 4. The summed E-state index contributed by atoms with van der Waals surface area (Å²) >= 11 is 6.43. The van der Waals surface area contributed by atoms with Crippen molar-refractivity contribution < 1.29 is 19.4 Å². The number of carboxylic acid groups (broad SMARTS) is 1. The Morgan fingerprint density at radius 1 is 1.19 bits per heavy atom. The second-order valence-electron chi connectivity index (χ2n) is 6.82. The van der Waals surface area contributed by atoms with Crippen LogP contribution in [0.15, 0.2) is 42.5 Å². The fourth-order valence-electron chi connectivity index (χ4n) is 4.22. The van der Waals surface area contributed by atoms with Gasteiger partial charge in [-0.3, -0.25) is 0 Å². The molecule has 0 fully saturated rings. The maximum atomic E-state index is 11.4. The van der Waals surface area contributed by atoms with Gasteiger partial charge in [0.25, 0.3) is 0 Å². The Morgan fingerprint density at radius 3 is 2.88 bits per heavy atom. The van der Waals surface area contributed by atoms with Gasteiger partial charge in [-0.15, -0.1) is 0 Å². The highest BCUT2D eigenvalue weighted by Gasteiger charge is 2.39. The van der Waals surface area contributed by atoms with Crippen molar-refractivity contribution in [2.24, 2.45) is 5.92 Å². The number of carboxylic acids is 1. The Morgan fingerprint density at radius 2 is 2.04 bits per heavy atom. The summed E-state index contributed by atoms with van der Waals surface area (Å²) in [5, 5.41) is 13.3. The van der Waals surface area contributed by atoms with Gasteiger partial charge in [-0.1, -0.05) is 29.8 Å². The van der Waals surface area contributed by atoms with Crippen LogP contribution in [0.2, 0.25) is 5.02 Å². The lowest BCUT2D eigenvalue weighted by molar-refractivity contribution is 0.0696. The smallest absolute Gasteiger partial charge is 0.335 e. The minimum atomic E-state index is -0.967. The van der Waals surface area contributed by atoms with Gasteiger partial charge in [-0.2, -0.15) is 0 Å². The molecule has 5 nitrogen and oxygen atoms in total. The molecule has 26 heavy (non-hydrogen) atoms. The van der Waals surface area contributed by atoms with Crippen LogP contribution in [0.4, 0.5) is 5.69 Å². The molecule has 3 aliphatic rings. The Bertz CT molecular complexity index is 955. The van der Waals surface area contributed by atoms with Gasteiger partial charge in [0.1, 0.15) is 0 Å². The van der Waals surface area contributed by atoms with Gasteiger partial charge < -0.3 is 19.9 Å². The van der Waals surface area contributed by atoms with Crippen LogP contribution < -0.4 is 14.8 Å². The van der Waals surface area contributed by atoms with Gasteiger partial charge in [-0.25, -0.2) is 4.79 Å². The number of allylic oxidation sites excluding steroid dienone is 2. The molecule has 2 heterocycles. The maximum absolute atomic E-state index is 11.4. The third kappa shape index (κ3) is 2.27. The molecule has 132 valence electrons. The normalized spacial score (nSPS) is 24.7. The number of nitrogens with one attached hydrogen (secondary N) is 1. The molecular formula is C20H16ClNO4. The van der Waals surface area contributed by atoms with Gasteiger partial charge in [0, 0.05) is 5.92 Å². The second-order valence-corrected chi connectivity index (χ2v) is 7.22. The molecular weight excluding hydrogens is 354 g/mol. The lowest BCUT2D eigenvalue weighted by Gasteiger charge is -2.38. The van der Waals surface area contributed by atoms with E-state index < -0.39 is 5.97 Å². The minimum absolute atomic E-state index is 0.0604. The van der Waals surface area contributed by atoms with Crippen LogP contribution in [0, 0.1) is 5.92 Å². The fourth-order valence-corrected chi connectivity index (χ4v) is 4.50. The van der Waals surface area contributed by atoms with Crippen molar-refractivity contribution in [2.75, 3.05) is 12.1 Å². The molecule has 0 aromatic heterocycles. The molecule has 5 rings (SSSR count). The monoisotopic (exact) mass is 369 g/mol. The van der Waals surface area contributed by atoms with E-state index in [2.05, 4.69) is 17.5 Å². The summed E-state index contributed by atoms with van der Waals surface area (Å²) < 4.78 is 10.9. The van der Waals surface area contributed by atoms with Crippen LogP contribution in [0.3, 0.4) is 0 Å². The SMILES string of the molecule is O=C(O)c1cc(Cl)c2c(c1)[C@H]1C=CC[C@@H]1[C@@H](c1ccc3c(c1)OCO3)N2. The Balaban J connectivity index is 1.60. The van der Waals surface area contributed by atoms with E-state index in [1.165, 1.54) is 6.07 Å². The van der Waals surface area contributed by atoms with Gasteiger partial charge >= 0.3 is 5.97 Å². The predicted octanol–water partition coefficient (Wildman–Crippen LogP) is 4.59. The van der Waals surface area contributed by atoms with Crippen LogP contribution in [-0.4, -0.2) is 17.9 Å². The number of halogens is 1. The molecule has 0 spiro atoms. The zero-order valence-electron chi connectivity index (χ0n) is 13.7. The molecule has 1 aliphatic carbocycles. The third-order valence-electron chi connectivity index (χ3n) is 5.42. The summed E-state index contributed by atoms with van der Waals surface area (Å²) in [6.07, 6.45) is 5.24. The lowest BCUT2D eigenvalue weighted by atomic mass is 9.76. The highest BCUT2D eigenvalue weighted by molar-refractivity contribution is 6.33. The van der Waals surface area contributed by atoms with Crippen molar-refractivity contribution >= 4 is 23.3 Å². The van der Waals surface area contributed by atoms with Crippen LogP contribution >= 0.6 is 11.6 Å². The lowest BCUT2D eigenvalue weighted by Crippen LogP contribution is -2.29. The zero-order valence-corrected chi connectivity index (χ0v) is 14.5. The average molecular weight is 370 g/mol. The number of anilines is 1. The molecule has 0 radical (unpaired) electrons. The molecule has 2 aromatic carbocycles. The third-order valence-corrected chi connectivity index (χ3v) is 5.72. The first-order chi connectivity index (χ1) is 12.6. The van der Waals surface area contributed by atoms with Crippen molar-refractivity contribution in [2.45, 2.75) is 18.4 Å². The minimum Gasteiger partial charge on any atom is -0.478 e. The zero-order chi connectivity index (χ0) is 17.8. The molecule has 2 aliphatic heterocycles. The van der Waals surface area contributed by atoms with Gasteiger partial charge in [0.05, 0.1) is 22.3 Å².